The first-order valence-corrected chi connectivity index (χ1v) is 6.10. The van der Waals surface area contributed by atoms with Crippen molar-refractivity contribution in [2.75, 3.05) is 19.8 Å². The number of rotatable bonds is 7. The molecule has 0 radical (unpaired) electrons. The van der Waals surface area contributed by atoms with Crippen LogP contribution in [0.3, 0.4) is 0 Å². The van der Waals surface area contributed by atoms with Gasteiger partial charge in [-0.1, -0.05) is 6.92 Å². The molecule has 5 nitrogen and oxygen atoms in total. The van der Waals surface area contributed by atoms with Gasteiger partial charge in [0.2, 0.25) is 0 Å². The maximum atomic E-state index is 11.7. The molecule has 0 saturated heterocycles. The van der Waals surface area contributed by atoms with Crippen molar-refractivity contribution in [1.82, 2.24) is 0 Å². The van der Waals surface area contributed by atoms with Gasteiger partial charge < -0.3 is 18.9 Å². The molecule has 0 N–H and O–H groups in total. The Kier molecular flexibility index (Phi) is 10.9. The zero-order valence-electron chi connectivity index (χ0n) is 9.69. The Morgan fingerprint density at radius 2 is 1.67 bits per heavy atom. The van der Waals surface area contributed by atoms with Crippen LogP contribution >= 0.6 is 7.60 Å². The zero-order chi connectivity index (χ0) is 11.0. The molecule has 0 aromatic carbocycles. The van der Waals surface area contributed by atoms with Crippen molar-refractivity contribution in [3.8, 4) is 0 Å². The predicted octanol–water partition coefficient (Wildman–Crippen LogP) is -1.55. The third-order valence-electron chi connectivity index (χ3n) is 1.17. The van der Waals surface area contributed by atoms with Gasteiger partial charge in [-0.2, -0.15) is 0 Å². The Morgan fingerprint density at radius 3 is 2.00 bits per heavy atom. The van der Waals surface area contributed by atoms with Crippen molar-refractivity contribution in [3.05, 3.63) is 11.8 Å². The predicted molar refractivity (Wildman–Crippen MR) is 50.6 cm³/mol. The van der Waals surface area contributed by atoms with Gasteiger partial charge in [0, 0.05) is 5.82 Å². The molecular weight excluding hydrogens is 214 g/mol. The molecule has 0 rings (SSSR count). The normalized spacial score (nSPS) is 12.1. The van der Waals surface area contributed by atoms with Gasteiger partial charge >= 0.3 is 26.5 Å². The number of ether oxygens (including phenoxy) is 1. The molecule has 0 bridgehead atoms. The second-order valence-corrected chi connectivity index (χ2v) is 4.11. The number of hydrogen-bond acceptors (Lipinski definition) is 5. The van der Waals surface area contributed by atoms with Crippen LogP contribution in [0.25, 0.3) is 0 Å². The van der Waals surface area contributed by atoms with E-state index in [0.29, 0.717) is 0 Å². The van der Waals surface area contributed by atoms with Gasteiger partial charge in [-0.05, 0) is 20.5 Å². The summed E-state index contributed by atoms with van der Waals surface area (Å²) in [6, 6.07) is 0. The van der Waals surface area contributed by atoms with Gasteiger partial charge in [0.1, 0.15) is 0 Å². The summed E-state index contributed by atoms with van der Waals surface area (Å²) in [7, 11) is -3.40. The van der Waals surface area contributed by atoms with Crippen LogP contribution in [0.15, 0.2) is 11.8 Å². The minimum Gasteiger partial charge on any atom is -0.613 e. The average molecular weight is 230 g/mol. The van der Waals surface area contributed by atoms with E-state index in [1.807, 2.05) is 0 Å². The molecule has 0 fully saturated rings. The van der Waals surface area contributed by atoms with Crippen molar-refractivity contribution in [2.45, 2.75) is 20.8 Å². The molecule has 0 aliphatic heterocycles. The van der Waals surface area contributed by atoms with Crippen LogP contribution in [0.1, 0.15) is 20.8 Å². The standard InChI is InChI=1S/C8H17O5P.Li/c1-4-11-8(9)7-14(10,12-5-2)13-6-3;/h7,9H,4-6H2,1-3H3;/q;+1/p-1/b8-7+;. The topological polar surface area (TPSA) is 67.8 Å². The Labute approximate surface area is 102 Å². The summed E-state index contributed by atoms with van der Waals surface area (Å²) < 4.78 is 26.0. The van der Waals surface area contributed by atoms with Crippen LogP contribution in [0.2, 0.25) is 0 Å². The first-order chi connectivity index (χ1) is 6.58. The fraction of sp³-hybridized carbons (Fsp3) is 0.750. The quantitative estimate of drug-likeness (QED) is 0.301. The molecule has 84 valence electrons. The molecule has 0 saturated carbocycles. The summed E-state index contributed by atoms with van der Waals surface area (Å²) >= 11 is 0. The van der Waals surface area contributed by atoms with E-state index < -0.39 is 13.5 Å². The summed E-state index contributed by atoms with van der Waals surface area (Å²) in [5.41, 5.74) is 0. The summed E-state index contributed by atoms with van der Waals surface area (Å²) in [5, 5.41) is 11.0. The van der Waals surface area contributed by atoms with Crippen LogP contribution in [-0.2, 0) is 18.3 Å². The van der Waals surface area contributed by atoms with Crippen molar-refractivity contribution in [1.29, 1.82) is 0 Å². The molecular formula is C8H16LiO5P. The summed E-state index contributed by atoms with van der Waals surface area (Å²) in [5.74, 6) is 0.182. The molecule has 15 heavy (non-hydrogen) atoms. The van der Waals surface area contributed by atoms with Crippen molar-refractivity contribution < 1.29 is 42.3 Å². The molecule has 0 aromatic heterocycles. The minimum atomic E-state index is -3.40. The second-order valence-electron chi connectivity index (χ2n) is 2.26. The monoisotopic (exact) mass is 230 g/mol. The van der Waals surface area contributed by atoms with E-state index in [4.69, 9.17) is 9.05 Å². The van der Waals surface area contributed by atoms with E-state index in [9.17, 15) is 9.67 Å². The van der Waals surface area contributed by atoms with Crippen LogP contribution in [-0.4, -0.2) is 19.8 Å². The Hall–Kier alpha value is 0.0874. The van der Waals surface area contributed by atoms with Gasteiger partial charge in [0.15, 0.2) is 0 Å². The summed E-state index contributed by atoms with van der Waals surface area (Å²) in [6.07, 6.45) is 0. The van der Waals surface area contributed by atoms with Gasteiger partial charge in [-0.15, -0.1) is 0 Å². The van der Waals surface area contributed by atoms with E-state index in [2.05, 4.69) is 4.74 Å². The van der Waals surface area contributed by atoms with Crippen LogP contribution < -0.4 is 24.0 Å². The molecule has 0 amide bonds. The maximum absolute atomic E-state index is 11.7. The number of hydrogen-bond donors (Lipinski definition) is 0. The maximum Gasteiger partial charge on any atom is 1.00 e. The van der Waals surface area contributed by atoms with Crippen LogP contribution in [0.4, 0.5) is 0 Å². The molecule has 7 heteroatoms. The fourth-order valence-electron chi connectivity index (χ4n) is 0.780. The smallest absolute Gasteiger partial charge is 0.613 e. The molecule has 0 aliphatic rings. The van der Waals surface area contributed by atoms with Crippen LogP contribution in [0.5, 0.6) is 0 Å². The van der Waals surface area contributed by atoms with Gasteiger partial charge in [0.05, 0.1) is 19.2 Å². The first kappa shape index (κ1) is 17.5. The SMILES string of the molecule is CCO/C([O-])=C/P(=O)(OCC)OCC.[Li+]. The fourth-order valence-corrected chi connectivity index (χ4v) is 2.06. The van der Waals surface area contributed by atoms with E-state index in [1.54, 1.807) is 20.8 Å². The third kappa shape index (κ3) is 7.95. The molecule has 0 unspecified atom stereocenters. The first-order valence-electron chi connectivity index (χ1n) is 4.49. The van der Waals surface area contributed by atoms with Gasteiger partial charge in [-0.25, -0.2) is 0 Å². The van der Waals surface area contributed by atoms with Crippen molar-refractivity contribution >= 4 is 7.60 Å². The second kappa shape index (κ2) is 9.32. The summed E-state index contributed by atoms with van der Waals surface area (Å²) in [6.45, 7) is 5.67. The zero-order valence-corrected chi connectivity index (χ0v) is 10.6. The molecule has 0 aliphatic carbocycles. The molecule has 0 heterocycles. The van der Waals surface area contributed by atoms with Crippen LogP contribution in [0, 0.1) is 0 Å². The Morgan fingerprint density at radius 1 is 1.20 bits per heavy atom. The van der Waals surface area contributed by atoms with Gasteiger partial charge in [0.25, 0.3) is 0 Å². The van der Waals surface area contributed by atoms with E-state index >= 15 is 0 Å². The Bertz CT molecular complexity index is 221. The average Bonchev–Trinajstić information content (AvgIpc) is 2.04. The molecule has 0 atom stereocenters. The van der Waals surface area contributed by atoms with E-state index in [0.717, 1.165) is 5.82 Å². The van der Waals surface area contributed by atoms with E-state index in [1.165, 1.54) is 0 Å². The largest absolute Gasteiger partial charge is 1.00 e. The summed E-state index contributed by atoms with van der Waals surface area (Å²) in [4.78, 5) is 0. The molecule has 0 aromatic rings. The third-order valence-corrected chi connectivity index (χ3v) is 2.93. The van der Waals surface area contributed by atoms with Gasteiger partial charge in [-0.3, -0.25) is 4.57 Å². The van der Waals surface area contributed by atoms with E-state index in [-0.39, 0.29) is 38.7 Å². The molecule has 0 spiro atoms. The minimum absolute atomic E-state index is 0. The Balaban J connectivity index is 0. The van der Waals surface area contributed by atoms with Crippen molar-refractivity contribution in [2.24, 2.45) is 0 Å². The van der Waals surface area contributed by atoms with Crippen molar-refractivity contribution in [3.63, 3.8) is 0 Å².